The van der Waals surface area contributed by atoms with E-state index in [4.69, 9.17) is 27.9 Å². The summed E-state index contributed by atoms with van der Waals surface area (Å²) in [7, 11) is 0. The zero-order chi connectivity index (χ0) is 14.8. The van der Waals surface area contributed by atoms with E-state index in [1.807, 2.05) is 0 Å². The van der Waals surface area contributed by atoms with E-state index in [1.165, 1.54) is 24.3 Å². The van der Waals surface area contributed by atoms with E-state index in [-0.39, 0.29) is 22.4 Å². The summed E-state index contributed by atoms with van der Waals surface area (Å²) in [5.41, 5.74) is -0.336. The van der Waals surface area contributed by atoms with E-state index in [0.29, 0.717) is 5.56 Å². The fourth-order valence-electron chi connectivity index (χ4n) is 1.67. The Morgan fingerprint density at radius 2 is 1.70 bits per heavy atom. The molecule has 0 aromatic heterocycles. The van der Waals surface area contributed by atoms with Gasteiger partial charge in [0.1, 0.15) is 11.5 Å². The highest BCUT2D eigenvalue weighted by atomic mass is 35.5. The van der Waals surface area contributed by atoms with Crippen LogP contribution in [0.25, 0.3) is 0 Å². The maximum absolute atomic E-state index is 12.9. The molecular formula is C14H9Cl2F3O. The molecule has 0 heterocycles. The van der Waals surface area contributed by atoms with E-state index in [0.717, 1.165) is 6.07 Å². The zero-order valence-electron chi connectivity index (χ0n) is 10.0. The summed E-state index contributed by atoms with van der Waals surface area (Å²) >= 11 is 11.7. The molecule has 2 rings (SSSR count). The molecule has 6 heteroatoms. The number of para-hydroxylation sites is 2. The predicted octanol–water partition coefficient (Wildman–Crippen LogP) is 5.89. The monoisotopic (exact) mass is 320 g/mol. The topological polar surface area (TPSA) is 9.23 Å². The second-order valence-corrected chi connectivity index (χ2v) is 4.63. The van der Waals surface area contributed by atoms with Crippen molar-refractivity contribution < 1.29 is 17.9 Å². The molecule has 0 bridgehead atoms. The smallest absolute Gasteiger partial charge is 0.419 e. The first-order valence-corrected chi connectivity index (χ1v) is 6.52. The van der Waals surface area contributed by atoms with Gasteiger partial charge in [0, 0.05) is 5.56 Å². The molecule has 106 valence electrons. The van der Waals surface area contributed by atoms with Gasteiger partial charge >= 0.3 is 6.18 Å². The average Bonchev–Trinajstić information content (AvgIpc) is 2.40. The first-order valence-electron chi connectivity index (χ1n) is 5.61. The second kappa shape index (κ2) is 5.94. The van der Waals surface area contributed by atoms with E-state index in [9.17, 15) is 13.2 Å². The molecule has 0 atom stereocenters. The summed E-state index contributed by atoms with van der Waals surface area (Å²) in [6.45, 7) is 0. The summed E-state index contributed by atoms with van der Waals surface area (Å²) in [4.78, 5) is 0. The van der Waals surface area contributed by atoms with Gasteiger partial charge in [0.2, 0.25) is 0 Å². The van der Waals surface area contributed by atoms with Crippen LogP contribution in [0.3, 0.4) is 0 Å². The Balaban J connectivity index is 2.46. The van der Waals surface area contributed by atoms with Crippen molar-refractivity contribution in [2.24, 2.45) is 0 Å². The molecule has 0 unspecified atom stereocenters. The minimum Gasteiger partial charge on any atom is -0.455 e. The Morgan fingerprint density at radius 3 is 2.35 bits per heavy atom. The molecule has 0 saturated carbocycles. The number of ether oxygens (including phenoxy) is 1. The Hall–Kier alpha value is -1.39. The third-order valence-electron chi connectivity index (χ3n) is 2.60. The molecule has 0 aliphatic heterocycles. The third kappa shape index (κ3) is 3.19. The van der Waals surface area contributed by atoms with Crippen LogP contribution in [0.5, 0.6) is 11.5 Å². The van der Waals surface area contributed by atoms with Crippen molar-refractivity contribution in [3.8, 4) is 11.5 Å². The summed E-state index contributed by atoms with van der Waals surface area (Å²) in [5, 5.41) is 0.208. The van der Waals surface area contributed by atoms with Crippen molar-refractivity contribution in [2.45, 2.75) is 12.1 Å². The number of halogens is 5. The Bertz CT molecular complexity index is 612. The van der Waals surface area contributed by atoms with Gasteiger partial charge in [0.15, 0.2) is 0 Å². The molecule has 0 amide bonds. The highest BCUT2D eigenvalue weighted by Gasteiger charge is 2.34. The maximum Gasteiger partial charge on any atom is 0.419 e. The first kappa shape index (κ1) is 15.0. The Labute approximate surface area is 123 Å². The van der Waals surface area contributed by atoms with Crippen LogP contribution in [-0.4, -0.2) is 0 Å². The molecule has 0 spiro atoms. The van der Waals surface area contributed by atoms with Crippen molar-refractivity contribution in [1.29, 1.82) is 0 Å². The van der Waals surface area contributed by atoms with Crippen molar-refractivity contribution in [1.82, 2.24) is 0 Å². The summed E-state index contributed by atoms with van der Waals surface area (Å²) < 4.78 is 44.0. The summed E-state index contributed by atoms with van der Waals surface area (Å²) in [6.07, 6.45) is -4.50. The number of benzene rings is 2. The minimum atomic E-state index is -4.50. The molecule has 2 aromatic rings. The van der Waals surface area contributed by atoms with Gasteiger partial charge in [-0.15, -0.1) is 11.6 Å². The first-order chi connectivity index (χ1) is 9.43. The lowest BCUT2D eigenvalue weighted by atomic mass is 10.2. The molecule has 0 radical (unpaired) electrons. The van der Waals surface area contributed by atoms with E-state index in [2.05, 4.69) is 0 Å². The van der Waals surface area contributed by atoms with E-state index >= 15 is 0 Å². The van der Waals surface area contributed by atoms with Crippen molar-refractivity contribution in [3.63, 3.8) is 0 Å². The lowest BCUT2D eigenvalue weighted by Gasteiger charge is -2.16. The molecular weight excluding hydrogens is 312 g/mol. The van der Waals surface area contributed by atoms with Gasteiger partial charge in [-0.25, -0.2) is 0 Å². The van der Waals surface area contributed by atoms with Gasteiger partial charge in [0.05, 0.1) is 16.5 Å². The molecule has 0 aliphatic rings. The minimum absolute atomic E-state index is 0.0874. The van der Waals surface area contributed by atoms with Crippen LogP contribution < -0.4 is 4.74 Å². The second-order valence-electron chi connectivity index (χ2n) is 3.96. The van der Waals surface area contributed by atoms with E-state index < -0.39 is 11.7 Å². The quantitative estimate of drug-likeness (QED) is 0.641. The fourth-order valence-corrected chi connectivity index (χ4v) is 2.12. The van der Waals surface area contributed by atoms with Gasteiger partial charge < -0.3 is 4.74 Å². The molecule has 0 aliphatic carbocycles. The molecule has 1 nitrogen and oxygen atoms in total. The average molecular weight is 321 g/mol. The molecule has 20 heavy (non-hydrogen) atoms. The Morgan fingerprint density at radius 1 is 1.00 bits per heavy atom. The van der Waals surface area contributed by atoms with Gasteiger partial charge in [-0.2, -0.15) is 13.2 Å². The SMILES string of the molecule is FC(F)(F)c1ccccc1Oc1c(Cl)cccc1CCl. The number of alkyl halides is 4. The maximum atomic E-state index is 12.9. The highest BCUT2D eigenvalue weighted by molar-refractivity contribution is 6.32. The van der Waals surface area contributed by atoms with Crippen LogP contribution in [0, 0.1) is 0 Å². The van der Waals surface area contributed by atoms with Crippen LogP contribution in [-0.2, 0) is 12.1 Å². The standard InChI is InChI=1S/C14H9Cl2F3O/c15-8-9-4-3-6-11(16)13(9)20-12-7-2-1-5-10(12)14(17,18)19/h1-7H,8H2. The molecule has 0 fully saturated rings. The number of hydrogen-bond acceptors (Lipinski definition) is 1. The normalized spacial score (nSPS) is 11.4. The lowest BCUT2D eigenvalue weighted by molar-refractivity contribution is -0.138. The van der Waals surface area contributed by atoms with E-state index in [1.54, 1.807) is 12.1 Å². The van der Waals surface area contributed by atoms with Crippen molar-refractivity contribution in [2.75, 3.05) is 0 Å². The largest absolute Gasteiger partial charge is 0.455 e. The third-order valence-corrected chi connectivity index (χ3v) is 3.18. The van der Waals surface area contributed by atoms with Crippen LogP contribution in [0.2, 0.25) is 5.02 Å². The number of hydrogen-bond donors (Lipinski definition) is 0. The van der Waals surface area contributed by atoms with Crippen LogP contribution in [0.4, 0.5) is 13.2 Å². The fraction of sp³-hybridized carbons (Fsp3) is 0.143. The van der Waals surface area contributed by atoms with Gasteiger partial charge in [-0.3, -0.25) is 0 Å². The van der Waals surface area contributed by atoms with Gasteiger partial charge in [-0.1, -0.05) is 35.9 Å². The lowest BCUT2D eigenvalue weighted by Crippen LogP contribution is -2.07. The number of rotatable bonds is 3. The predicted molar refractivity (Wildman–Crippen MR) is 72.5 cm³/mol. The van der Waals surface area contributed by atoms with Crippen molar-refractivity contribution >= 4 is 23.2 Å². The highest BCUT2D eigenvalue weighted by Crippen LogP contribution is 2.40. The molecule has 0 saturated heterocycles. The molecule has 2 aromatic carbocycles. The molecule has 0 N–H and O–H groups in total. The van der Waals surface area contributed by atoms with Crippen LogP contribution >= 0.6 is 23.2 Å². The van der Waals surface area contributed by atoms with Gasteiger partial charge in [0.25, 0.3) is 0 Å². The Kier molecular flexibility index (Phi) is 4.45. The zero-order valence-corrected chi connectivity index (χ0v) is 11.6. The van der Waals surface area contributed by atoms with Crippen LogP contribution in [0.1, 0.15) is 11.1 Å². The van der Waals surface area contributed by atoms with Crippen LogP contribution in [0.15, 0.2) is 42.5 Å². The van der Waals surface area contributed by atoms with Gasteiger partial charge in [-0.05, 0) is 18.2 Å². The van der Waals surface area contributed by atoms with Crippen molar-refractivity contribution in [3.05, 3.63) is 58.6 Å². The summed E-state index contributed by atoms with van der Waals surface area (Å²) in [5.74, 6) is -0.0790. The summed E-state index contributed by atoms with van der Waals surface area (Å²) in [6, 6.07) is 9.78.